The van der Waals surface area contributed by atoms with Crippen molar-refractivity contribution in [3.05, 3.63) is 35.6 Å². The highest BCUT2D eigenvalue weighted by Crippen LogP contribution is 2.38. The molecule has 0 bridgehead atoms. The summed E-state index contributed by atoms with van der Waals surface area (Å²) in [5, 5.41) is 28.3. The monoisotopic (exact) mass is 391 g/mol. The lowest BCUT2D eigenvalue weighted by Crippen LogP contribution is -2.54. The predicted octanol–water partition coefficient (Wildman–Crippen LogP) is 3.13. The lowest BCUT2D eigenvalue weighted by Gasteiger charge is -2.42. The summed E-state index contributed by atoms with van der Waals surface area (Å²) < 4.78 is 5.95. The molecule has 7 nitrogen and oxygen atoms in total. The number of aliphatic hydroxyl groups is 1. The molecule has 1 fully saturated rings. The number of carboxylic acid groups (broad SMARTS) is 2. The highest BCUT2D eigenvalue weighted by molar-refractivity contribution is 5.82. The van der Waals surface area contributed by atoms with Crippen LogP contribution in [-0.4, -0.2) is 51.9 Å². The van der Waals surface area contributed by atoms with Gasteiger partial charge in [-0.3, -0.25) is 14.5 Å². The fourth-order valence-corrected chi connectivity index (χ4v) is 4.10. The number of hydrogen-bond donors (Lipinski definition) is 3. The van der Waals surface area contributed by atoms with Crippen LogP contribution in [0.3, 0.4) is 0 Å². The van der Waals surface area contributed by atoms with E-state index in [-0.39, 0.29) is 6.47 Å². The van der Waals surface area contributed by atoms with E-state index in [0.29, 0.717) is 32.5 Å². The second-order valence-electron chi connectivity index (χ2n) is 7.17. The first kappa shape index (κ1) is 21.9. The van der Waals surface area contributed by atoms with Crippen LogP contribution in [0.1, 0.15) is 44.4 Å². The Labute approximate surface area is 164 Å². The Balaban J connectivity index is 0.000000878. The first-order chi connectivity index (χ1) is 13.4. The molecule has 0 saturated carbocycles. The minimum Gasteiger partial charge on any atom is -0.483 e. The third-order valence-corrected chi connectivity index (χ3v) is 5.55. The topological polar surface area (TPSA) is 111 Å². The number of carboxylic acids is 1. The number of para-hydroxylation sites is 1. The molecule has 1 aromatic carbocycles. The molecule has 7 heteroatoms. The number of furan rings is 1. The molecular formula is C21H29NO6. The zero-order chi connectivity index (χ0) is 20.7. The Kier molecular flexibility index (Phi) is 7.60. The number of hydrogen-bond acceptors (Lipinski definition) is 5. The lowest BCUT2D eigenvalue weighted by molar-refractivity contribution is -0.164. The van der Waals surface area contributed by atoms with Crippen molar-refractivity contribution in [3.8, 4) is 0 Å². The van der Waals surface area contributed by atoms with Crippen molar-refractivity contribution in [3.63, 3.8) is 0 Å². The molecule has 154 valence electrons. The zero-order valence-corrected chi connectivity index (χ0v) is 16.4. The number of aryl methyl sites for hydroxylation is 1. The van der Waals surface area contributed by atoms with Crippen molar-refractivity contribution in [2.75, 3.05) is 13.1 Å². The van der Waals surface area contributed by atoms with E-state index in [4.69, 9.17) is 14.3 Å². The van der Waals surface area contributed by atoms with Crippen molar-refractivity contribution in [1.29, 1.82) is 0 Å². The summed E-state index contributed by atoms with van der Waals surface area (Å²) in [5.74, 6) is 0.101. The van der Waals surface area contributed by atoms with Crippen LogP contribution in [0.4, 0.5) is 0 Å². The highest BCUT2D eigenvalue weighted by atomic mass is 16.4. The van der Waals surface area contributed by atoms with Crippen molar-refractivity contribution < 1.29 is 29.3 Å². The largest absolute Gasteiger partial charge is 0.483 e. The number of carbonyl (C=O) groups is 2. The van der Waals surface area contributed by atoms with Crippen LogP contribution in [0.2, 0.25) is 0 Å². The zero-order valence-electron chi connectivity index (χ0n) is 16.4. The van der Waals surface area contributed by atoms with Crippen LogP contribution in [0.25, 0.3) is 11.0 Å². The van der Waals surface area contributed by atoms with E-state index in [1.807, 2.05) is 25.1 Å². The molecule has 3 rings (SSSR count). The van der Waals surface area contributed by atoms with Crippen LogP contribution < -0.4 is 0 Å². The molecule has 2 aromatic rings. The minimum absolute atomic E-state index is 0.250. The number of benzene rings is 1. The van der Waals surface area contributed by atoms with Gasteiger partial charge in [0.2, 0.25) is 0 Å². The number of β-amino-alcohol motifs (C(OH)–C–C–N with tert-alkyl or cyclic N) is 1. The Hall–Kier alpha value is -2.38. The molecule has 0 aliphatic carbocycles. The Morgan fingerprint density at radius 2 is 2.04 bits per heavy atom. The molecule has 28 heavy (non-hydrogen) atoms. The van der Waals surface area contributed by atoms with Crippen LogP contribution in [0, 0.1) is 5.41 Å². The molecule has 0 amide bonds. The average molecular weight is 391 g/mol. The van der Waals surface area contributed by atoms with Gasteiger partial charge in [-0.1, -0.05) is 38.5 Å². The van der Waals surface area contributed by atoms with Crippen LogP contribution in [-0.2, 0) is 22.6 Å². The van der Waals surface area contributed by atoms with E-state index in [9.17, 15) is 15.0 Å². The molecule has 2 heterocycles. The van der Waals surface area contributed by atoms with E-state index in [1.165, 1.54) is 0 Å². The van der Waals surface area contributed by atoms with Gasteiger partial charge in [-0.15, -0.1) is 0 Å². The number of aliphatic hydroxyl groups excluding tert-OH is 1. The molecule has 0 unspecified atom stereocenters. The normalized spacial score (nSPS) is 22.5. The molecule has 2 atom stereocenters. The second kappa shape index (κ2) is 9.71. The van der Waals surface area contributed by atoms with Gasteiger partial charge >= 0.3 is 5.97 Å². The fourth-order valence-electron chi connectivity index (χ4n) is 4.10. The summed E-state index contributed by atoms with van der Waals surface area (Å²) in [6.07, 6.45) is 1.73. The van der Waals surface area contributed by atoms with Gasteiger partial charge in [0.05, 0.1) is 11.5 Å². The van der Waals surface area contributed by atoms with Crippen molar-refractivity contribution in [2.45, 2.75) is 52.2 Å². The Bertz CT molecular complexity index is 801. The number of piperidine rings is 1. The van der Waals surface area contributed by atoms with Crippen LogP contribution >= 0.6 is 0 Å². The van der Waals surface area contributed by atoms with Crippen LogP contribution in [0.15, 0.2) is 28.7 Å². The van der Waals surface area contributed by atoms with E-state index >= 15 is 0 Å². The van der Waals surface area contributed by atoms with Gasteiger partial charge in [0.15, 0.2) is 0 Å². The van der Waals surface area contributed by atoms with Crippen LogP contribution in [0.5, 0.6) is 0 Å². The number of rotatable bonds is 6. The maximum Gasteiger partial charge on any atom is 0.312 e. The maximum atomic E-state index is 11.8. The van der Waals surface area contributed by atoms with E-state index in [0.717, 1.165) is 35.1 Å². The molecular weight excluding hydrogens is 362 g/mol. The predicted molar refractivity (Wildman–Crippen MR) is 105 cm³/mol. The Morgan fingerprint density at radius 3 is 2.61 bits per heavy atom. The summed E-state index contributed by atoms with van der Waals surface area (Å²) in [6.45, 7) is 5.53. The molecule has 0 radical (unpaired) electrons. The van der Waals surface area contributed by atoms with E-state index in [2.05, 4.69) is 17.9 Å². The molecule has 1 aliphatic rings. The molecule has 1 aliphatic heterocycles. The van der Waals surface area contributed by atoms with Crippen molar-refractivity contribution in [2.24, 2.45) is 5.41 Å². The summed E-state index contributed by atoms with van der Waals surface area (Å²) in [5.41, 5.74) is 1.04. The first-order valence-corrected chi connectivity index (χ1v) is 9.64. The van der Waals surface area contributed by atoms with Gasteiger partial charge in [0.25, 0.3) is 6.47 Å². The number of fused-ring (bicyclic) bond motifs is 1. The number of aliphatic carboxylic acids is 1. The van der Waals surface area contributed by atoms with Crippen molar-refractivity contribution >= 4 is 23.4 Å². The molecule has 0 spiro atoms. The lowest BCUT2D eigenvalue weighted by atomic mass is 9.72. The van der Waals surface area contributed by atoms with E-state index < -0.39 is 17.5 Å². The standard InChI is InChI=1S/C20H27NO4.CH2O2/c1-3-9-20(19(23)24)10-11-21(13-18(20)22)12-15-14-7-5-6-8-17(14)25-16(15)4-2;2-1-3/h5-8,18,22H,3-4,9-13H2,1-2H3,(H,23,24);1H,(H,2,3)/t18-,20+;/m1./s1. The average Bonchev–Trinajstić information content (AvgIpc) is 3.02. The quantitative estimate of drug-likeness (QED) is 0.649. The molecule has 1 saturated heterocycles. The van der Waals surface area contributed by atoms with Gasteiger partial charge in [-0.05, 0) is 25.5 Å². The second-order valence-corrected chi connectivity index (χ2v) is 7.17. The summed E-state index contributed by atoms with van der Waals surface area (Å²) >= 11 is 0. The van der Waals surface area contributed by atoms with Gasteiger partial charge in [-0.25, -0.2) is 0 Å². The first-order valence-electron chi connectivity index (χ1n) is 9.64. The Morgan fingerprint density at radius 1 is 1.36 bits per heavy atom. The highest BCUT2D eigenvalue weighted by Gasteiger charge is 2.47. The van der Waals surface area contributed by atoms with Gasteiger partial charge in [0.1, 0.15) is 11.3 Å². The summed E-state index contributed by atoms with van der Waals surface area (Å²) in [6, 6.07) is 8.00. The SMILES string of the molecule is CCC[C@]1(C(=O)O)CCN(Cc2c(CC)oc3ccccc23)C[C@H]1O.O=CO. The molecule has 3 N–H and O–H groups in total. The fraction of sp³-hybridized carbons (Fsp3) is 0.524. The van der Waals surface area contributed by atoms with Gasteiger partial charge in [0, 0.05) is 30.5 Å². The molecule has 1 aromatic heterocycles. The minimum atomic E-state index is -1.00. The number of nitrogens with zero attached hydrogens (tertiary/aromatic N) is 1. The number of likely N-dealkylation sites (tertiary alicyclic amines) is 1. The van der Waals surface area contributed by atoms with Gasteiger partial charge < -0.3 is 19.7 Å². The van der Waals surface area contributed by atoms with Crippen molar-refractivity contribution in [1.82, 2.24) is 4.90 Å². The van der Waals surface area contributed by atoms with Gasteiger partial charge in [-0.2, -0.15) is 0 Å². The summed E-state index contributed by atoms with van der Waals surface area (Å²) in [4.78, 5) is 22.3. The maximum absolute atomic E-state index is 11.8. The smallest absolute Gasteiger partial charge is 0.312 e. The summed E-state index contributed by atoms with van der Waals surface area (Å²) in [7, 11) is 0. The third-order valence-electron chi connectivity index (χ3n) is 5.55. The van der Waals surface area contributed by atoms with E-state index in [1.54, 1.807) is 0 Å². The third kappa shape index (κ3) is 4.36.